The Labute approximate surface area is 214 Å². The van der Waals surface area contributed by atoms with Gasteiger partial charge in [0.1, 0.15) is 6.04 Å². The summed E-state index contributed by atoms with van der Waals surface area (Å²) in [5, 5.41) is 6.14. The maximum Gasteiger partial charge on any atom is 0.257 e. The number of para-hydroxylation sites is 1. The summed E-state index contributed by atoms with van der Waals surface area (Å²) in [4.78, 5) is 38.8. The number of hydrogen-bond acceptors (Lipinski definition) is 6. The Morgan fingerprint density at radius 3 is 2.46 bits per heavy atom. The molecule has 0 radical (unpaired) electrons. The van der Waals surface area contributed by atoms with Crippen LogP contribution in [0.1, 0.15) is 23.2 Å². The standard InChI is InChI=1S/C26H25N5O5S/c1-30(37(2,35)36)22-6-4-3-5-17(22)15-7-9-18-20(13-15)28-21-14-16(8-10-19(21)29-26(18)34)31-23(25(27)33)11-12-24(31)32/h3-10,13-14,23,28H,11-12H2,1-2H3,(H2,27,33)(H,29,34). The van der Waals surface area contributed by atoms with Crippen molar-refractivity contribution in [2.45, 2.75) is 18.9 Å². The number of sulfonamides is 1. The zero-order valence-corrected chi connectivity index (χ0v) is 21.0. The van der Waals surface area contributed by atoms with Gasteiger partial charge in [-0.2, -0.15) is 0 Å². The molecular weight excluding hydrogens is 494 g/mol. The highest BCUT2D eigenvalue weighted by Gasteiger charge is 2.36. The van der Waals surface area contributed by atoms with Crippen LogP contribution in [0, 0.1) is 0 Å². The molecule has 0 saturated carbocycles. The number of primary amides is 1. The Kier molecular flexibility index (Phi) is 5.87. The molecule has 10 nitrogen and oxygen atoms in total. The molecule has 0 aliphatic carbocycles. The molecule has 3 aromatic carbocycles. The number of nitrogens with two attached hydrogens (primary N) is 1. The monoisotopic (exact) mass is 519 g/mol. The van der Waals surface area contributed by atoms with Crippen molar-refractivity contribution in [2.24, 2.45) is 5.73 Å². The highest BCUT2D eigenvalue weighted by molar-refractivity contribution is 7.92. The molecule has 0 bridgehead atoms. The van der Waals surface area contributed by atoms with Crippen LogP contribution in [0.25, 0.3) is 11.1 Å². The van der Waals surface area contributed by atoms with Crippen LogP contribution in [-0.2, 0) is 19.6 Å². The first-order chi connectivity index (χ1) is 17.5. The van der Waals surface area contributed by atoms with E-state index in [0.29, 0.717) is 51.5 Å². The number of amides is 3. The van der Waals surface area contributed by atoms with E-state index in [1.54, 1.807) is 48.5 Å². The van der Waals surface area contributed by atoms with E-state index in [4.69, 9.17) is 5.73 Å². The minimum Gasteiger partial charge on any atom is -0.368 e. The average molecular weight is 520 g/mol. The van der Waals surface area contributed by atoms with Crippen molar-refractivity contribution in [1.82, 2.24) is 0 Å². The van der Waals surface area contributed by atoms with E-state index < -0.39 is 22.0 Å². The first kappa shape index (κ1) is 24.3. The van der Waals surface area contributed by atoms with Crippen LogP contribution >= 0.6 is 0 Å². The van der Waals surface area contributed by atoms with Crippen LogP contribution in [0.2, 0.25) is 0 Å². The number of benzene rings is 3. The first-order valence-electron chi connectivity index (χ1n) is 11.6. The molecule has 3 aromatic rings. The Balaban J connectivity index is 1.57. The second kappa shape index (κ2) is 8.93. The van der Waals surface area contributed by atoms with Crippen molar-refractivity contribution < 1.29 is 22.8 Å². The normalized spacial score (nSPS) is 16.8. The van der Waals surface area contributed by atoms with Crippen LogP contribution in [0.5, 0.6) is 0 Å². The molecule has 0 aromatic heterocycles. The topological polar surface area (TPSA) is 142 Å². The zero-order valence-electron chi connectivity index (χ0n) is 20.2. The minimum atomic E-state index is -3.50. The van der Waals surface area contributed by atoms with E-state index >= 15 is 0 Å². The summed E-state index contributed by atoms with van der Waals surface area (Å²) in [6.45, 7) is 0. The average Bonchev–Trinajstić information content (AvgIpc) is 3.19. The molecule has 5 rings (SSSR count). The van der Waals surface area contributed by atoms with Crippen molar-refractivity contribution in [3.63, 3.8) is 0 Å². The van der Waals surface area contributed by atoms with E-state index in [9.17, 15) is 22.8 Å². The fourth-order valence-electron chi connectivity index (χ4n) is 4.69. The van der Waals surface area contributed by atoms with Gasteiger partial charge in [-0.1, -0.05) is 24.3 Å². The zero-order chi connectivity index (χ0) is 26.5. The molecule has 0 spiro atoms. The maximum atomic E-state index is 13.0. The number of carbonyl (C=O) groups excluding carboxylic acids is 3. The van der Waals surface area contributed by atoms with Crippen LogP contribution in [0.4, 0.5) is 28.4 Å². The molecule has 3 amide bonds. The van der Waals surface area contributed by atoms with E-state index in [1.165, 1.54) is 16.3 Å². The Morgan fingerprint density at radius 2 is 1.73 bits per heavy atom. The lowest BCUT2D eigenvalue weighted by atomic mass is 10.0. The largest absolute Gasteiger partial charge is 0.368 e. The second-order valence-corrected chi connectivity index (χ2v) is 11.1. The number of fused-ring (bicyclic) bond motifs is 2. The number of carbonyl (C=O) groups is 3. The van der Waals surface area contributed by atoms with Gasteiger partial charge in [0.25, 0.3) is 5.91 Å². The Morgan fingerprint density at radius 1 is 0.973 bits per heavy atom. The summed E-state index contributed by atoms with van der Waals surface area (Å²) in [6, 6.07) is 16.6. The van der Waals surface area contributed by atoms with Gasteiger partial charge in [0.2, 0.25) is 21.8 Å². The predicted octanol–water partition coefficient (Wildman–Crippen LogP) is 3.04. The molecule has 4 N–H and O–H groups in total. The summed E-state index contributed by atoms with van der Waals surface area (Å²) < 4.78 is 25.6. The van der Waals surface area contributed by atoms with Gasteiger partial charge in [-0.25, -0.2) is 8.42 Å². The summed E-state index contributed by atoms with van der Waals surface area (Å²) in [7, 11) is -2.01. The predicted molar refractivity (Wildman–Crippen MR) is 143 cm³/mol. The number of rotatable bonds is 5. The van der Waals surface area contributed by atoms with Crippen LogP contribution in [0.15, 0.2) is 60.7 Å². The van der Waals surface area contributed by atoms with Gasteiger partial charge in [-0.3, -0.25) is 23.6 Å². The van der Waals surface area contributed by atoms with Gasteiger partial charge < -0.3 is 16.4 Å². The number of anilines is 5. The second-order valence-electron chi connectivity index (χ2n) is 9.04. The van der Waals surface area contributed by atoms with E-state index in [2.05, 4.69) is 10.6 Å². The van der Waals surface area contributed by atoms with E-state index in [-0.39, 0.29) is 18.2 Å². The van der Waals surface area contributed by atoms with Gasteiger partial charge in [-0.15, -0.1) is 0 Å². The quantitative estimate of drug-likeness (QED) is 0.473. The molecular formula is C26H25N5O5S. The summed E-state index contributed by atoms with van der Waals surface area (Å²) in [6.07, 6.45) is 1.71. The highest BCUT2D eigenvalue weighted by atomic mass is 32.2. The van der Waals surface area contributed by atoms with Crippen LogP contribution in [0.3, 0.4) is 0 Å². The number of nitrogens with one attached hydrogen (secondary N) is 2. The third kappa shape index (κ3) is 4.38. The molecule has 2 aliphatic rings. The third-order valence-electron chi connectivity index (χ3n) is 6.66. The number of nitrogens with zero attached hydrogens (tertiary/aromatic N) is 2. The molecule has 1 unspecified atom stereocenters. The van der Waals surface area contributed by atoms with Gasteiger partial charge in [0.15, 0.2) is 0 Å². The van der Waals surface area contributed by atoms with Gasteiger partial charge in [0.05, 0.1) is 34.6 Å². The molecule has 1 atom stereocenters. The summed E-state index contributed by atoms with van der Waals surface area (Å²) in [5.74, 6) is -1.10. The number of hydrogen-bond donors (Lipinski definition) is 3. The molecule has 37 heavy (non-hydrogen) atoms. The lowest BCUT2D eigenvalue weighted by molar-refractivity contribution is -0.121. The van der Waals surface area contributed by atoms with E-state index in [1.807, 2.05) is 12.1 Å². The SMILES string of the molecule is CN(c1ccccc1-c1ccc2c(c1)Nc1cc(N3C(=O)CCC3C(N)=O)ccc1NC2=O)S(C)(=O)=O. The van der Waals surface area contributed by atoms with Crippen molar-refractivity contribution in [2.75, 3.05) is 33.1 Å². The van der Waals surface area contributed by atoms with Crippen molar-refractivity contribution in [3.8, 4) is 11.1 Å². The van der Waals surface area contributed by atoms with Crippen molar-refractivity contribution in [1.29, 1.82) is 0 Å². The lowest BCUT2D eigenvalue weighted by Crippen LogP contribution is -2.42. The Hall–Kier alpha value is -4.38. The highest BCUT2D eigenvalue weighted by Crippen LogP contribution is 2.39. The third-order valence-corrected chi connectivity index (χ3v) is 7.85. The molecule has 2 aliphatic heterocycles. The smallest absolute Gasteiger partial charge is 0.257 e. The van der Waals surface area contributed by atoms with Gasteiger partial charge >= 0.3 is 0 Å². The molecule has 11 heteroatoms. The van der Waals surface area contributed by atoms with Crippen LogP contribution < -0.4 is 25.6 Å². The van der Waals surface area contributed by atoms with E-state index in [0.717, 1.165) is 6.26 Å². The summed E-state index contributed by atoms with van der Waals surface area (Å²) in [5.41, 5.74) is 9.81. The molecule has 1 saturated heterocycles. The van der Waals surface area contributed by atoms with Gasteiger partial charge in [-0.05, 0) is 48.4 Å². The maximum absolute atomic E-state index is 13.0. The minimum absolute atomic E-state index is 0.198. The van der Waals surface area contributed by atoms with Crippen LogP contribution in [-0.4, -0.2) is 45.5 Å². The molecule has 2 heterocycles. The van der Waals surface area contributed by atoms with Crippen molar-refractivity contribution >= 4 is 56.2 Å². The molecule has 1 fully saturated rings. The fourth-order valence-corrected chi connectivity index (χ4v) is 5.21. The first-order valence-corrected chi connectivity index (χ1v) is 13.4. The fraction of sp³-hybridized carbons (Fsp3) is 0.192. The summed E-state index contributed by atoms with van der Waals surface area (Å²) >= 11 is 0. The van der Waals surface area contributed by atoms with Crippen molar-refractivity contribution in [3.05, 3.63) is 66.2 Å². The Bertz CT molecular complexity index is 1570. The lowest BCUT2D eigenvalue weighted by Gasteiger charge is -2.23. The van der Waals surface area contributed by atoms with Gasteiger partial charge in [0, 0.05) is 24.7 Å². The molecule has 190 valence electrons.